The van der Waals surface area contributed by atoms with Crippen molar-refractivity contribution in [3.8, 4) is 17.0 Å². The van der Waals surface area contributed by atoms with Crippen LogP contribution in [0.4, 0.5) is 10.5 Å². The Morgan fingerprint density at radius 2 is 1.72 bits per heavy atom. The van der Waals surface area contributed by atoms with Crippen LogP contribution in [-0.4, -0.2) is 26.8 Å². The molecule has 1 aromatic heterocycles. The molecule has 7 nitrogen and oxygen atoms in total. The zero-order valence-electron chi connectivity index (χ0n) is 20.1. The van der Waals surface area contributed by atoms with Gasteiger partial charge in [-0.15, -0.1) is 0 Å². The smallest absolute Gasteiger partial charge is 0.342 e. The number of anilines is 1. The number of hydrogen-bond donors (Lipinski definition) is 3. The van der Waals surface area contributed by atoms with E-state index in [1.165, 1.54) is 10.7 Å². The molecule has 7 heteroatoms. The predicted octanol–water partition coefficient (Wildman–Crippen LogP) is 5.71. The average molecular weight is 481 g/mol. The summed E-state index contributed by atoms with van der Waals surface area (Å²) in [7, 11) is 0. The van der Waals surface area contributed by atoms with Gasteiger partial charge in [-0.05, 0) is 60.7 Å². The van der Waals surface area contributed by atoms with Crippen molar-refractivity contribution < 1.29 is 14.7 Å². The number of amides is 2. The van der Waals surface area contributed by atoms with Crippen molar-refractivity contribution in [2.45, 2.75) is 38.6 Å². The summed E-state index contributed by atoms with van der Waals surface area (Å²) in [5.41, 5.74) is 5.03. The number of hydrogen-bond acceptors (Lipinski definition) is 4. The number of carbonyl (C=O) groups is 2. The maximum atomic E-state index is 12.9. The molecule has 0 atom stereocenters. The number of phenolic OH excluding ortho intramolecular Hbond substituents is 1. The van der Waals surface area contributed by atoms with Gasteiger partial charge in [0.05, 0.1) is 11.4 Å². The predicted molar refractivity (Wildman–Crippen MR) is 139 cm³/mol. The lowest BCUT2D eigenvalue weighted by Crippen LogP contribution is -2.30. The van der Waals surface area contributed by atoms with Gasteiger partial charge in [0, 0.05) is 35.3 Å². The third kappa shape index (κ3) is 5.15. The molecule has 1 aliphatic carbocycles. The molecule has 1 saturated carbocycles. The number of aromatic nitrogens is 2. The second kappa shape index (κ2) is 10.1. The maximum absolute atomic E-state index is 12.9. The first-order chi connectivity index (χ1) is 17.5. The molecule has 1 fully saturated rings. The Kier molecular flexibility index (Phi) is 6.54. The molecular weight excluding hydrogens is 452 g/mol. The summed E-state index contributed by atoms with van der Waals surface area (Å²) < 4.78 is 1.41. The molecule has 0 saturated heterocycles. The van der Waals surface area contributed by atoms with E-state index in [0.29, 0.717) is 29.1 Å². The van der Waals surface area contributed by atoms with Crippen molar-refractivity contribution in [2.75, 3.05) is 5.32 Å². The van der Waals surface area contributed by atoms with Crippen molar-refractivity contribution in [2.24, 2.45) is 0 Å². The van der Waals surface area contributed by atoms with E-state index >= 15 is 0 Å². The van der Waals surface area contributed by atoms with Gasteiger partial charge in [0.15, 0.2) is 0 Å². The number of nitrogens with one attached hydrogen (secondary N) is 2. The molecule has 4 aromatic rings. The summed E-state index contributed by atoms with van der Waals surface area (Å²) in [5.74, 6) is 0.0135. The van der Waals surface area contributed by atoms with Gasteiger partial charge >= 0.3 is 6.03 Å². The topological polar surface area (TPSA) is 96.3 Å². The van der Waals surface area contributed by atoms with E-state index < -0.39 is 0 Å². The molecule has 36 heavy (non-hydrogen) atoms. The molecule has 3 N–H and O–H groups in total. The van der Waals surface area contributed by atoms with Crippen LogP contribution in [0.15, 0.2) is 78.9 Å². The number of rotatable bonds is 7. The molecule has 2 amide bonds. The van der Waals surface area contributed by atoms with E-state index in [4.69, 9.17) is 0 Å². The van der Waals surface area contributed by atoms with Gasteiger partial charge in [0.1, 0.15) is 5.75 Å². The number of nitrogens with zero attached hydrogens (tertiary/aromatic N) is 2. The molecule has 182 valence electrons. The minimum Gasteiger partial charge on any atom is -0.507 e. The molecule has 3 aromatic carbocycles. The summed E-state index contributed by atoms with van der Waals surface area (Å²) in [4.78, 5) is 25.5. The zero-order valence-corrected chi connectivity index (χ0v) is 20.1. The van der Waals surface area contributed by atoms with Crippen LogP contribution >= 0.6 is 0 Å². The van der Waals surface area contributed by atoms with Crippen LogP contribution in [0.2, 0.25) is 0 Å². The van der Waals surface area contributed by atoms with Crippen molar-refractivity contribution in [3.63, 3.8) is 0 Å². The highest BCUT2D eigenvalue weighted by Crippen LogP contribution is 2.42. The van der Waals surface area contributed by atoms with Crippen LogP contribution in [0, 0.1) is 0 Å². The molecule has 5 rings (SSSR count). The van der Waals surface area contributed by atoms with E-state index in [1.807, 2.05) is 48.5 Å². The van der Waals surface area contributed by atoms with Crippen molar-refractivity contribution in [1.29, 1.82) is 0 Å². The Bertz CT molecular complexity index is 1390. The molecule has 1 aliphatic rings. The van der Waals surface area contributed by atoms with Gasteiger partial charge in [-0.25, -0.2) is 4.79 Å². The number of benzene rings is 3. The molecular formula is C29H28N4O3. The van der Waals surface area contributed by atoms with Gasteiger partial charge < -0.3 is 15.7 Å². The maximum Gasteiger partial charge on any atom is 0.342 e. The van der Waals surface area contributed by atoms with Crippen LogP contribution in [0.3, 0.4) is 0 Å². The van der Waals surface area contributed by atoms with Crippen LogP contribution in [0.1, 0.15) is 52.9 Å². The minimum absolute atomic E-state index is 0.0224. The van der Waals surface area contributed by atoms with Crippen LogP contribution in [0.5, 0.6) is 5.75 Å². The monoisotopic (exact) mass is 480 g/mol. The molecule has 0 radical (unpaired) electrons. The first-order valence-corrected chi connectivity index (χ1v) is 12.2. The molecule has 0 aliphatic heterocycles. The normalized spacial score (nSPS) is 12.8. The second-order valence-electron chi connectivity index (χ2n) is 9.02. The lowest BCUT2D eigenvalue weighted by Gasteiger charge is -2.09. The minimum atomic E-state index is -0.301. The van der Waals surface area contributed by atoms with Gasteiger partial charge in [0.2, 0.25) is 0 Å². The van der Waals surface area contributed by atoms with E-state index in [1.54, 1.807) is 24.3 Å². The summed E-state index contributed by atoms with van der Waals surface area (Å²) in [6.07, 6.45) is 2.92. The van der Waals surface area contributed by atoms with Crippen molar-refractivity contribution in [1.82, 2.24) is 15.1 Å². The molecule has 0 bridgehead atoms. The van der Waals surface area contributed by atoms with Gasteiger partial charge in [-0.1, -0.05) is 49.4 Å². The number of carbonyl (C=O) groups excluding carboxylic acids is 2. The Hall–Kier alpha value is -4.39. The largest absolute Gasteiger partial charge is 0.507 e. The highest BCUT2D eigenvalue weighted by Gasteiger charge is 2.30. The lowest BCUT2D eigenvalue weighted by molar-refractivity contribution is 0.102. The lowest BCUT2D eigenvalue weighted by atomic mass is 10.1. The third-order valence-electron chi connectivity index (χ3n) is 6.37. The first kappa shape index (κ1) is 23.4. The summed E-state index contributed by atoms with van der Waals surface area (Å²) >= 11 is 0. The fourth-order valence-electron chi connectivity index (χ4n) is 4.13. The van der Waals surface area contributed by atoms with Crippen LogP contribution < -0.4 is 10.6 Å². The van der Waals surface area contributed by atoms with Gasteiger partial charge in [-0.2, -0.15) is 9.78 Å². The molecule has 1 heterocycles. The van der Waals surface area contributed by atoms with E-state index in [0.717, 1.165) is 36.1 Å². The Morgan fingerprint density at radius 1 is 0.972 bits per heavy atom. The average Bonchev–Trinajstić information content (AvgIpc) is 3.66. The van der Waals surface area contributed by atoms with Gasteiger partial charge in [0.25, 0.3) is 5.91 Å². The van der Waals surface area contributed by atoms with Crippen LogP contribution in [-0.2, 0) is 13.0 Å². The zero-order chi connectivity index (χ0) is 25.1. The fourth-order valence-corrected chi connectivity index (χ4v) is 4.13. The highest BCUT2D eigenvalue weighted by atomic mass is 16.3. The molecule has 0 spiro atoms. The Morgan fingerprint density at radius 3 is 2.39 bits per heavy atom. The SMILES string of the molecule is CCc1ccc(C(=O)Nc2ccc(-c3cc(C4CC4)n(C(=O)NCc4ccccc4)n3)c(O)c2)cc1. The summed E-state index contributed by atoms with van der Waals surface area (Å²) in [5, 5.41) is 21.0. The standard InChI is InChI=1S/C29H28N4O3/c1-2-19-8-10-22(11-9-19)28(35)31-23-14-15-24(27(34)16-23)25-17-26(21-12-13-21)33(32-25)29(36)30-18-20-6-4-3-5-7-20/h3-11,14-17,21,34H,2,12-13,18H2,1H3,(H,30,36)(H,31,35). The Balaban J connectivity index is 1.33. The van der Waals surface area contributed by atoms with Crippen molar-refractivity contribution in [3.05, 3.63) is 101 Å². The van der Waals surface area contributed by atoms with E-state index in [-0.39, 0.29) is 23.6 Å². The fraction of sp³-hybridized carbons (Fsp3) is 0.207. The highest BCUT2D eigenvalue weighted by molar-refractivity contribution is 6.04. The summed E-state index contributed by atoms with van der Waals surface area (Å²) in [6.45, 7) is 2.47. The van der Waals surface area contributed by atoms with Crippen molar-refractivity contribution >= 4 is 17.6 Å². The second-order valence-corrected chi connectivity index (χ2v) is 9.02. The number of aromatic hydroxyl groups is 1. The third-order valence-corrected chi connectivity index (χ3v) is 6.37. The van der Waals surface area contributed by atoms with E-state index in [2.05, 4.69) is 22.7 Å². The Labute approximate surface area is 209 Å². The van der Waals surface area contributed by atoms with E-state index in [9.17, 15) is 14.7 Å². The first-order valence-electron chi connectivity index (χ1n) is 12.2. The number of aryl methyl sites for hydroxylation is 1. The summed E-state index contributed by atoms with van der Waals surface area (Å²) in [6, 6.07) is 23.6. The molecule has 0 unspecified atom stereocenters. The van der Waals surface area contributed by atoms with Crippen LogP contribution in [0.25, 0.3) is 11.3 Å². The van der Waals surface area contributed by atoms with Gasteiger partial charge in [-0.3, -0.25) is 4.79 Å². The quantitative estimate of drug-likeness (QED) is 0.316. The number of phenols is 1.